The molecular formula is C14H18BrNO2. The van der Waals surface area contributed by atoms with Crippen LogP contribution < -0.4 is 4.74 Å². The minimum absolute atomic E-state index is 0.0263. The molecular weight excluding hydrogens is 294 g/mol. The standard InChI is InChI=1S/C14H18BrNO2/c1-9-6-10(9)8-16(2)14(17)12-5-4-11(15)7-13(12)18-3/h4-5,7,9-10H,6,8H2,1-3H3. The largest absolute Gasteiger partial charge is 0.496 e. The third kappa shape index (κ3) is 2.86. The Morgan fingerprint density at radius 2 is 2.22 bits per heavy atom. The van der Waals surface area contributed by atoms with Gasteiger partial charge in [0.05, 0.1) is 12.7 Å². The molecule has 1 saturated carbocycles. The van der Waals surface area contributed by atoms with Gasteiger partial charge in [0, 0.05) is 18.1 Å². The van der Waals surface area contributed by atoms with Crippen LogP contribution in [-0.4, -0.2) is 31.5 Å². The average Bonchev–Trinajstić information content (AvgIpc) is 3.03. The maximum Gasteiger partial charge on any atom is 0.257 e. The second kappa shape index (κ2) is 5.31. The van der Waals surface area contributed by atoms with E-state index in [4.69, 9.17) is 4.74 Å². The van der Waals surface area contributed by atoms with Crippen LogP contribution in [0.3, 0.4) is 0 Å². The first kappa shape index (κ1) is 13.4. The summed E-state index contributed by atoms with van der Waals surface area (Å²) in [6, 6.07) is 5.49. The number of halogens is 1. The normalized spacial score (nSPS) is 21.6. The maximum atomic E-state index is 12.3. The first-order valence-electron chi connectivity index (χ1n) is 6.12. The van der Waals surface area contributed by atoms with E-state index >= 15 is 0 Å². The van der Waals surface area contributed by atoms with E-state index in [1.54, 1.807) is 18.1 Å². The highest BCUT2D eigenvalue weighted by Gasteiger charge is 2.34. The van der Waals surface area contributed by atoms with E-state index in [1.165, 1.54) is 6.42 Å². The number of carbonyl (C=O) groups excluding carboxylic acids is 1. The first-order chi connectivity index (χ1) is 8.52. The molecule has 0 saturated heterocycles. The molecule has 1 aliphatic rings. The summed E-state index contributed by atoms with van der Waals surface area (Å²) >= 11 is 3.38. The molecule has 3 nitrogen and oxygen atoms in total. The van der Waals surface area contributed by atoms with Crippen molar-refractivity contribution in [2.75, 3.05) is 20.7 Å². The molecule has 0 spiro atoms. The number of hydrogen-bond acceptors (Lipinski definition) is 2. The van der Waals surface area contributed by atoms with Gasteiger partial charge in [-0.15, -0.1) is 0 Å². The molecule has 0 heterocycles. The Bertz CT molecular complexity index is 461. The monoisotopic (exact) mass is 311 g/mol. The van der Waals surface area contributed by atoms with Gasteiger partial charge in [-0.3, -0.25) is 4.79 Å². The predicted molar refractivity (Wildman–Crippen MR) is 74.9 cm³/mol. The molecule has 0 N–H and O–H groups in total. The van der Waals surface area contributed by atoms with Crippen LogP contribution in [0.5, 0.6) is 5.75 Å². The van der Waals surface area contributed by atoms with Crippen molar-refractivity contribution in [2.24, 2.45) is 11.8 Å². The Kier molecular flexibility index (Phi) is 3.95. The van der Waals surface area contributed by atoms with E-state index in [2.05, 4.69) is 22.9 Å². The van der Waals surface area contributed by atoms with Gasteiger partial charge in [-0.1, -0.05) is 22.9 Å². The van der Waals surface area contributed by atoms with Gasteiger partial charge >= 0.3 is 0 Å². The van der Waals surface area contributed by atoms with Gasteiger partial charge < -0.3 is 9.64 Å². The third-order valence-corrected chi connectivity index (χ3v) is 4.02. The number of amides is 1. The number of nitrogens with zero attached hydrogens (tertiary/aromatic N) is 1. The zero-order valence-corrected chi connectivity index (χ0v) is 12.5. The summed E-state index contributed by atoms with van der Waals surface area (Å²) in [4.78, 5) is 14.1. The van der Waals surface area contributed by atoms with Gasteiger partial charge in [-0.25, -0.2) is 0 Å². The first-order valence-corrected chi connectivity index (χ1v) is 6.91. The van der Waals surface area contributed by atoms with Gasteiger partial charge in [-0.2, -0.15) is 0 Å². The number of benzene rings is 1. The highest BCUT2D eigenvalue weighted by atomic mass is 79.9. The third-order valence-electron chi connectivity index (χ3n) is 3.53. The fourth-order valence-electron chi connectivity index (χ4n) is 2.14. The summed E-state index contributed by atoms with van der Waals surface area (Å²) in [5, 5.41) is 0. The highest BCUT2D eigenvalue weighted by Crippen LogP contribution is 2.38. The van der Waals surface area contributed by atoms with E-state index in [9.17, 15) is 4.79 Å². The van der Waals surface area contributed by atoms with Crippen molar-refractivity contribution in [1.29, 1.82) is 0 Å². The number of ether oxygens (including phenoxy) is 1. The van der Waals surface area contributed by atoms with E-state index in [0.717, 1.165) is 16.9 Å². The fourth-order valence-corrected chi connectivity index (χ4v) is 2.48. The summed E-state index contributed by atoms with van der Waals surface area (Å²) in [6.07, 6.45) is 1.23. The molecule has 0 bridgehead atoms. The second-order valence-electron chi connectivity index (χ2n) is 5.00. The molecule has 0 aromatic heterocycles. The van der Waals surface area contributed by atoms with Crippen LogP contribution in [0.1, 0.15) is 23.7 Å². The zero-order valence-electron chi connectivity index (χ0n) is 10.9. The lowest BCUT2D eigenvalue weighted by atomic mass is 10.1. The second-order valence-corrected chi connectivity index (χ2v) is 5.92. The summed E-state index contributed by atoms with van der Waals surface area (Å²) in [6.45, 7) is 3.06. The van der Waals surface area contributed by atoms with Crippen molar-refractivity contribution in [3.8, 4) is 5.75 Å². The van der Waals surface area contributed by atoms with Crippen LogP contribution in [0.4, 0.5) is 0 Å². The molecule has 98 valence electrons. The summed E-state index contributed by atoms with van der Waals surface area (Å²) in [5.74, 6) is 2.07. The van der Waals surface area contributed by atoms with E-state index in [1.807, 2.05) is 19.2 Å². The molecule has 2 unspecified atom stereocenters. The van der Waals surface area contributed by atoms with Crippen LogP contribution in [0.15, 0.2) is 22.7 Å². The minimum Gasteiger partial charge on any atom is -0.496 e. The van der Waals surface area contributed by atoms with Crippen molar-refractivity contribution in [2.45, 2.75) is 13.3 Å². The average molecular weight is 312 g/mol. The van der Waals surface area contributed by atoms with E-state index < -0.39 is 0 Å². The number of hydrogen-bond donors (Lipinski definition) is 0. The Morgan fingerprint density at radius 3 is 2.78 bits per heavy atom. The molecule has 1 amide bonds. The van der Waals surface area contributed by atoms with Crippen LogP contribution in [-0.2, 0) is 0 Å². The maximum absolute atomic E-state index is 12.3. The van der Waals surface area contributed by atoms with Crippen molar-refractivity contribution < 1.29 is 9.53 Å². The van der Waals surface area contributed by atoms with Gasteiger partial charge in [-0.05, 0) is 36.5 Å². The molecule has 1 aromatic carbocycles. The lowest BCUT2D eigenvalue weighted by Gasteiger charge is -2.18. The molecule has 1 aliphatic carbocycles. The minimum atomic E-state index is 0.0263. The smallest absolute Gasteiger partial charge is 0.257 e. The van der Waals surface area contributed by atoms with Crippen molar-refractivity contribution in [3.63, 3.8) is 0 Å². The number of rotatable bonds is 4. The lowest BCUT2D eigenvalue weighted by molar-refractivity contribution is 0.0783. The van der Waals surface area contributed by atoms with Gasteiger partial charge in [0.15, 0.2) is 0 Å². The van der Waals surface area contributed by atoms with Gasteiger partial charge in [0.25, 0.3) is 5.91 Å². The van der Waals surface area contributed by atoms with Crippen LogP contribution in [0.2, 0.25) is 0 Å². The topological polar surface area (TPSA) is 29.5 Å². The molecule has 2 atom stereocenters. The fraction of sp³-hybridized carbons (Fsp3) is 0.500. The molecule has 0 aliphatic heterocycles. The molecule has 4 heteroatoms. The Hall–Kier alpha value is -1.03. The van der Waals surface area contributed by atoms with Crippen LogP contribution in [0, 0.1) is 11.8 Å². The Morgan fingerprint density at radius 1 is 1.56 bits per heavy atom. The Balaban J connectivity index is 2.12. The lowest BCUT2D eigenvalue weighted by Crippen LogP contribution is -2.29. The van der Waals surface area contributed by atoms with Gasteiger partial charge in [0.1, 0.15) is 5.75 Å². The molecule has 0 radical (unpaired) electrons. The molecule has 1 fully saturated rings. The number of methoxy groups -OCH3 is 1. The molecule has 18 heavy (non-hydrogen) atoms. The Labute approximate surface area is 116 Å². The quantitative estimate of drug-likeness (QED) is 0.854. The van der Waals surface area contributed by atoms with Crippen molar-refractivity contribution in [3.05, 3.63) is 28.2 Å². The van der Waals surface area contributed by atoms with E-state index in [-0.39, 0.29) is 5.91 Å². The summed E-state index contributed by atoms with van der Waals surface area (Å²) < 4.78 is 6.17. The zero-order chi connectivity index (χ0) is 13.3. The van der Waals surface area contributed by atoms with E-state index in [0.29, 0.717) is 17.2 Å². The van der Waals surface area contributed by atoms with Crippen LogP contribution in [0.25, 0.3) is 0 Å². The van der Waals surface area contributed by atoms with Gasteiger partial charge in [0.2, 0.25) is 0 Å². The van der Waals surface area contributed by atoms with Crippen molar-refractivity contribution >= 4 is 21.8 Å². The van der Waals surface area contributed by atoms with Crippen molar-refractivity contribution in [1.82, 2.24) is 4.90 Å². The highest BCUT2D eigenvalue weighted by molar-refractivity contribution is 9.10. The van der Waals surface area contributed by atoms with Crippen LogP contribution >= 0.6 is 15.9 Å². The molecule has 2 rings (SSSR count). The predicted octanol–water partition coefficient (Wildman–Crippen LogP) is 3.19. The summed E-state index contributed by atoms with van der Waals surface area (Å²) in [7, 11) is 3.44. The SMILES string of the molecule is COc1cc(Br)ccc1C(=O)N(C)CC1CC1C. The number of carbonyl (C=O) groups is 1. The summed E-state index contributed by atoms with van der Waals surface area (Å²) in [5.41, 5.74) is 0.622. The molecule has 1 aromatic rings.